The molecule has 32 heavy (non-hydrogen) atoms. The molecule has 1 aromatic heterocycles. The fraction of sp³-hybridized carbons (Fsp3) is 0.333. The zero-order valence-corrected chi connectivity index (χ0v) is 20.8. The number of nitrogens with zero attached hydrogens (tertiary/aromatic N) is 3. The van der Waals surface area contributed by atoms with Crippen LogP contribution in [0.4, 0.5) is 22.7 Å². The van der Waals surface area contributed by atoms with E-state index in [9.17, 15) is 0 Å². The highest BCUT2D eigenvalue weighted by molar-refractivity contribution is 7.08. The predicted molar refractivity (Wildman–Crippen MR) is 136 cm³/mol. The van der Waals surface area contributed by atoms with E-state index >= 15 is 0 Å². The van der Waals surface area contributed by atoms with Crippen molar-refractivity contribution in [1.29, 1.82) is 0 Å². The predicted octanol–water partition coefficient (Wildman–Crippen LogP) is 6.68. The number of methoxy groups -OCH3 is 2. The average molecular weight is 492 g/mol. The number of ether oxygens (including phenoxy) is 2. The molecule has 8 heteroatoms. The lowest BCUT2D eigenvalue weighted by molar-refractivity contribution is 0.271. The minimum absolute atomic E-state index is 0.435. The van der Waals surface area contributed by atoms with Crippen molar-refractivity contribution >= 4 is 57.3 Å². The molecule has 3 aromatic rings. The third kappa shape index (κ3) is 4.50. The Balaban J connectivity index is 1.74. The van der Waals surface area contributed by atoms with Gasteiger partial charge in [0.1, 0.15) is 21.5 Å². The minimum Gasteiger partial charge on any atom is -0.495 e. The molecule has 1 fully saturated rings. The summed E-state index contributed by atoms with van der Waals surface area (Å²) in [5.41, 5.74) is 3.78. The second-order valence-electron chi connectivity index (χ2n) is 7.51. The molecule has 0 atom stereocenters. The van der Waals surface area contributed by atoms with E-state index in [1.54, 1.807) is 31.6 Å². The molecule has 0 N–H and O–H groups in total. The quantitative estimate of drug-likeness (QED) is 0.367. The number of anilines is 4. The first-order valence-corrected chi connectivity index (χ1v) is 12.3. The third-order valence-corrected chi connectivity index (χ3v) is 7.23. The van der Waals surface area contributed by atoms with E-state index in [-0.39, 0.29) is 0 Å². The van der Waals surface area contributed by atoms with Gasteiger partial charge in [0.05, 0.1) is 25.6 Å². The Kier molecular flexibility index (Phi) is 7.36. The standard InChI is InChI=1S/C24H27Cl2N3O2S/c1-4-27-10-12-28(13-11-27)17-5-7-18(8-6-17)29(19-9-14-32-16-19)24-22(25)20(30-2)15-21(31-3)23(24)26/h5-9,14-16H,4,10-13H2,1-3H3. The highest BCUT2D eigenvalue weighted by Gasteiger charge is 2.25. The maximum Gasteiger partial charge on any atom is 0.143 e. The number of hydrogen-bond acceptors (Lipinski definition) is 6. The summed E-state index contributed by atoms with van der Waals surface area (Å²) in [4.78, 5) is 6.95. The molecule has 2 aromatic carbocycles. The number of likely N-dealkylation sites (N-methyl/N-ethyl adjacent to an activating group) is 1. The summed E-state index contributed by atoms with van der Waals surface area (Å²) in [6.45, 7) is 7.57. The molecule has 0 bridgehead atoms. The molecule has 1 aliphatic rings. The SMILES string of the molecule is CCN1CCN(c2ccc(N(c3ccsc3)c3c(Cl)c(OC)cc(OC)c3Cl)cc2)CC1. The maximum atomic E-state index is 6.77. The molecule has 170 valence electrons. The van der Waals surface area contributed by atoms with Gasteiger partial charge in [-0.2, -0.15) is 11.3 Å². The van der Waals surface area contributed by atoms with E-state index in [1.165, 1.54) is 5.69 Å². The molecule has 0 aliphatic carbocycles. The molecule has 5 nitrogen and oxygen atoms in total. The van der Waals surface area contributed by atoms with Gasteiger partial charge in [0.25, 0.3) is 0 Å². The van der Waals surface area contributed by atoms with Crippen LogP contribution in [0, 0.1) is 0 Å². The van der Waals surface area contributed by atoms with E-state index in [4.69, 9.17) is 32.7 Å². The van der Waals surface area contributed by atoms with Gasteiger partial charge in [0, 0.05) is 49.0 Å². The Morgan fingerprint density at radius 2 is 1.53 bits per heavy atom. The van der Waals surface area contributed by atoms with Gasteiger partial charge in [0.15, 0.2) is 0 Å². The summed E-state index contributed by atoms with van der Waals surface area (Å²) in [6, 6.07) is 12.3. The number of halogens is 2. The number of benzene rings is 2. The van der Waals surface area contributed by atoms with Crippen molar-refractivity contribution in [3.63, 3.8) is 0 Å². The monoisotopic (exact) mass is 491 g/mol. The largest absolute Gasteiger partial charge is 0.495 e. The summed E-state index contributed by atoms with van der Waals surface area (Å²) >= 11 is 15.2. The first-order chi connectivity index (χ1) is 15.6. The molecule has 0 amide bonds. The minimum atomic E-state index is 0.435. The van der Waals surface area contributed by atoms with Crippen molar-refractivity contribution < 1.29 is 9.47 Å². The van der Waals surface area contributed by atoms with Gasteiger partial charge in [-0.3, -0.25) is 0 Å². The van der Waals surface area contributed by atoms with E-state index in [1.807, 2.05) is 16.3 Å². The first-order valence-electron chi connectivity index (χ1n) is 10.6. The smallest absolute Gasteiger partial charge is 0.143 e. The van der Waals surface area contributed by atoms with Crippen LogP contribution in [0.5, 0.6) is 11.5 Å². The van der Waals surface area contributed by atoms with Crippen LogP contribution in [0.15, 0.2) is 47.2 Å². The van der Waals surface area contributed by atoms with Crippen LogP contribution >= 0.6 is 34.5 Å². The number of piperazine rings is 1. The van der Waals surface area contributed by atoms with Crippen molar-refractivity contribution in [1.82, 2.24) is 4.90 Å². The van der Waals surface area contributed by atoms with Gasteiger partial charge in [-0.15, -0.1) is 0 Å². The van der Waals surface area contributed by atoms with Crippen LogP contribution in [-0.2, 0) is 0 Å². The topological polar surface area (TPSA) is 28.2 Å². The number of thiophene rings is 1. The molecule has 0 spiro atoms. The summed E-state index contributed by atoms with van der Waals surface area (Å²) in [7, 11) is 3.17. The number of hydrogen-bond donors (Lipinski definition) is 0. The Morgan fingerprint density at radius 3 is 2.03 bits per heavy atom. The molecule has 0 unspecified atom stereocenters. The van der Waals surface area contributed by atoms with Crippen molar-refractivity contribution in [2.24, 2.45) is 0 Å². The molecule has 1 saturated heterocycles. The van der Waals surface area contributed by atoms with E-state index in [2.05, 4.69) is 46.4 Å². The van der Waals surface area contributed by atoms with E-state index < -0.39 is 0 Å². The maximum absolute atomic E-state index is 6.77. The van der Waals surface area contributed by atoms with Gasteiger partial charge in [-0.25, -0.2) is 0 Å². The van der Waals surface area contributed by atoms with Gasteiger partial charge >= 0.3 is 0 Å². The fourth-order valence-electron chi connectivity index (χ4n) is 4.00. The summed E-state index contributed by atoms with van der Waals surface area (Å²) in [5, 5.41) is 4.97. The van der Waals surface area contributed by atoms with Crippen LogP contribution in [0.2, 0.25) is 10.0 Å². The summed E-state index contributed by atoms with van der Waals surface area (Å²) in [6.07, 6.45) is 0. The first kappa shape index (κ1) is 23.1. The molecule has 1 aliphatic heterocycles. The van der Waals surface area contributed by atoms with Gasteiger partial charge in [-0.1, -0.05) is 30.1 Å². The summed E-state index contributed by atoms with van der Waals surface area (Å²) in [5.74, 6) is 1.02. The zero-order valence-electron chi connectivity index (χ0n) is 18.5. The van der Waals surface area contributed by atoms with Crippen molar-refractivity contribution in [2.45, 2.75) is 6.92 Å². The Morgan fingerprint density at radius 1 is 0.906 bits per heavy atom. The van der Waals surface area contributed by atoms with Gasteiger partial charge in [0.2, 0.25) is 0 Å². The molecule has 2 heterocycles. The highest BCUT2D eigenvalue weighted by atomic mass is 35.5. The van der Waals surface area contributed by atoms with Crippen molar-refractivity contribution in [2.75, 3.05) is 56.7 Å². The van der Waals surface area contributed by atoms with E-state index in [0.29, 0.717) is 27.2 Å². The number of rotatable bonds is 7. The second-order valence-corrected chi connectivity index (χ2v) is 9.05. The lowest BCUT2D eigenvalue weighted by atomic mass is 10.1. The molecular weight excluding hydrogens is 465 g/mol. The molecule has 0 radical (unpaired) electrons. The van der Waals surface area contributed by atoms with Crippen molar-refractivity contribution in [3.8, 4) is 11.5 Å². The Hall–Kier alpha value is -2.12. The lowest BCUT2D eigenvalue weighted by Crippen LogP contribution is -2.46. The molecule has 0 saturated carbocycles. The second kappa shape index (κ2) is 10.2. The van der Waals surface area contributed by atoms with Gasteiger partial charge < -0.3 is 24.2 Å². The average Bonchev–Trinajstić information content (AvgIpc) is 3.36. The van der Waals surface area contributed by atoms with Gasteiger partial charge in [-0.05, 0) is 42.3 Å². The molecule has 4 rings (SSSR count). The Bertz CT molecular complexity index is 1010. The van der Waals surface area contributed by atoms with E-state index in [0.717, 1.165) is 44.1 Å². The Labute approximate surface area is 203 Å². The van der Waals surface area contributed by atoms with Crippen LogP contribution in [0.25, 0.3) is 0 Å². The zero-order chi connectivity index (χ0) is 22.7. The summed E-state index contributed by atoms with van der Waals surface area (Å²) < 4.78 is 11.0. The van der Waals surface area contributed by atoms with Crippen LogP contribution < -0.4 is 19.3 Å². The fourth-order valence-corrected chi connectivity index (χ4v) is 5.29. The normalized spacial score (nSPS) is 14.5. The van der Waals surface area contributed by atoms with Crippen LogP contribution in [0.1, 0.15) is 6.92 Å². The van der Waals surface area contributed by atoms with Crippen LogP contribution in [-0.4, -0.2) is 51.8 Å². The molecular formula is C24H27Cl2N3O2S. The lowest BCUT2D eigenvalue weighted by Gasteiger charge is -2.35. The highest BCUT2D eigenvalue weighted by Crippen LogP contribution is 2.51. The van der Waals surface area contributed by atoms with Crippen molar-refractivity contribution in [3.05, 3.63) is 57.2 Å². The third-order valence-electron chi connectivity index (χ3n) is 5.83. The van der Waals surface area contributed by atoms with Crippen LogP contribution in [0.3, 0.4) is 0 Å².